The molecule has 0 aliphatic heterocycles. The van der Waals surface area contributed by atoms with Gasteiger partial charge >= 0.3 is 0 Å². The minimum absolute atomic E-state index is 0.173. The van der Waals surface area contributed by atoms with E-state index in [0.29, 0.717) is 0 Å². The Morgan fingerprint density at radius 3 is 2.56 bits per heavy atom. The van der Waals surface area contributed by atoms with Crippen LogP contribution >= 0.6 is 23.1 Å². The topological polar surface area (TPSA) is 63.2 Å². The monoisotopic (exact) mass is 279 g/mol. The van der Waals surface area contributed by atoms with E-state index in [-0.39, 0.29) is 9.46 Å². The third-order valence-corrected chi connectivity index (χ3v) is 5.70. The molecule has 0 fully saturated rings. The molecule has 0 aliphatic rings. The fourth-order valence-electron chi connectivity index (χ4n) is 0.929. The zero-order valence-corrected chi connectivity index (χ0v) is 11.6. The molecule has 0 spiro atoms. The molecule has 1 N–H and O–H groups in total. The van der Waals surface area contributed by atoms with Crippen LogP contribution in [-0.2, 0) is 14.8 Å². The lowest BCUT2D eigenvalue weighted by Gasteiger charge is -2.08. The van der Waals surface area contributed by atoms with Crippen molar-refractivity contribution in [2.45, 2.75) is 23.3 Å². The maximum absolute atomic E-state index is 11.7. The normalized spacial score (nSPS) is 13.4. The molecule has 4 nitrogen and oxygen atoms in total. The van der Waals surface area contributed by atoms with Crippen LogP contribution in [-0.4, -0.2) is 25.8 Å². The van der Waals surface area contributed by atoms with Crippen LogP contribution < -0.4 is 4.72 Å². The van der Waals surface area contributed by atoms with Gasteiger partial charge in [-0.15, -0.1) is 11.3 Å². The Bertz CT molecular complexity index is 478. The number of hydrogen-bond donors (Lipinski definition) is 1. The van der Waals surface area contributed by atoms with Crippen LogP contribution in [0.5, 0.6) is 0 Å². The maximum atomic E-state index is 11.7. The summed E-state index contributed by atoms with van der Waals surface area (Å²) in [5.74, 6) is -0.487. The molecule has 1 aromatic heterocycles. The third kappa shape index (κ3) is 3.23. The highest BCUT2D eigenvalue weighted by Gasteiger charge is 2.22. The Morgan fingerprint density at radius 2 is 2.12 bits per heavy atom. The molecule has 0 bridgehead atoms. The number of nitrogens with one attached hydrogen (secondary N) is 1. The fourth-order valence-corrected chi connectivity index (χ4v) is 3.61. The summed E-state index contributed by atoms with van der Waals surface area (Å²) in [7, 11) is -3.69. The van der Waals surface area contributed by atoms with E-state index in [1.165, 1.54) is 17.8 Å². The number of thioether (sulfide) groups is 1. The molecule has 0 aliphatic carbocycles. The largest absolute Gasteiger partial charge is 0.273 e. The highest BCUT2D eigenvalue weighted by molar-refractivity contribution is 8.00. The number of carbonyl (C=O) groups is 1. The average molecular weight is 279 g/mol. The summed E-state index contributed by atoms with van der Waals surface area (Å²) in [5.41, 5.74) is 0. The van der Waals surface area contributed by atoms with E-state index >= 15 is 0 Å². The van der Waals surface area contributed by atoms with E-state index < -0.39 is 15.9 Å². The van der Waals surface area contributed by atoms with Gasteiger partial charge in [0.2, 0.25) is 5.91 Å². The summed E-state index contributed by atoms with van der Waals surface area (Å²) in [6, 6.07) is 3.21. The van der Waals surface area contributed by atoms with Crippen molar-refractivity contribution in [2.75, 3.05) is 6.26 Å². The van der Waals surface area contributed by atoms with Gasteiger partial charge in [0.05, 0.1) is 5.25 Å². The van der Waals surface area contributed by atoms with E-state index in [4.69, 9.17) is 0 Å². The number of carbonyl (C=O) groups excluding carboxylic acids is 1. The Labute approximate surface area is 103 Å². The molecule has 7 heteroatoms. The Kier molecular flexibility index (Phi) is 4.40. The Hall–Kier alpha value is -0.530. The van der Waals surface area contributed by atoms with E-state index in [2.05, 4.69) is 4.72 Å². The van der Waals surface area contributed by atoms with Gasteiger partial charge in [0.1, 0.15) is 4.21 Å². The second kappa shape index (κ2) is 5.20. The summed E-state index contributed by atoms with van der Waals surface area (Å²) < 4.78 is 25.7. The molecule has 0 radical (unpaired) electrons. The van der Waals surface area contributed by atoms with Gasteiger partial charge in [0.15, 0.2) is 0 Å². The smallest absolute Gasteiger partial charge is 0.273 e. The van der Waals surface area contributed by atoms with Crippen LogP contribution in [0.15, 0.2) is 16.3 Å². The molecule has 1 amide bonds. The maximum Gasteiger partial charge on any atom is 0.273 e. The third-order valence-electron chi connectivity index (χ3n) is 1.94. The summed E-state index contributed by atoms with van der Waals surface area (Å²) in [5, 5.41) is -0.379. The predicted octanol–water partition coefficient (Wildman–Crippen LogP) is 1.61. The minimum Gasteiger partial charge on any atom is -0.273 e. The molecule has 1 atom stereocenters. The molecule has 16 heavy (non-hydrogen) atoms. The zero-order chi connectivity index (χ0) is 12.3. The van der Waals surface area contributed by atoms with Crippen LogP contribution in [0.2, 0.25) is 0 Å². The zero-order valence-electron chi connectivity index (χ0n) is 9.18. The van der Waals surface area contributed by atoms with Crippen molar-refractivity contribution >= 4 is 39.0 Å². The number of amides is 1. The first kappa shape index (κ1) is 13.5. The van der Waals surface area contributed by atoms with Crippen molar-refractivity contribution < 1.29 is 13.2 Å². The first-order chi connectivity index (χ1) is 7.36. The molecule has 90 valence electrons. The van der Waals surface area contributed by atoms with E-state index in [1.54, 1.807) is 19.2 Å². The molecule has 1 rings (SSSR count). The van der Waals surface area contributed by atoms with Crippen molar-refractivity contribution in [3.05, 3.63) is 17.0 Å². The number of aryl methyl sites for hydroxylation is 1. The van der Waals surface area contributed by atoms with Crippen molar-refractivity contribution in [3.8, 4) is 0 Å². The summed E-state index contributed by atoms with van der Waals surface area (Å²) in [4.78, 5) is 12.4. The van der Waals surface area contributed by atoms with Crippen LogP contribution in [0.3, 0.4) is 0 Å². The predicted molar refractivity (Wildman–Crippen MR) is 67.4 cm³/mol. The van der Waals surface area contributed by atoms with E-state index in [0.717, 1.165) is 16.2 Å². The molecular formula is C9H13NO3S3. The molecule has 1 aromatic rings. The first-order valence-corrected chi connectivity index (χ1v) is 8.11. The van der Waals surface area contributed by atoms with Crippen molar-refractivity contribution in [2.24, 2.45) is 0 Å². The Morgan fingerprint density at radius 1 is 1.50 bits per heavy atom. The standard InChI is InChI=1S/C9H13NO3S3/c1-6-4-5-8(15-6)16(12,13)10-9(11)7(2)14-3/h4-5,7H,1-3H3,(H,10,11)/t7-/m1/s1. The van der Waals surface area contributed by atoms with Gasteiger partial charge in [-0.2, -0.15) is 11.8 Å². The van der Waals surface area contributed by atoms with Crippen LogP contribution in [0.25, 0.3) is 0 Å². The molecule has 0 unspecified atom stereocenters. The van der Waals surface area contributed by atoms with Crippen LogP contribution in [0, 0.1) is 6.92 Å². The minimum atomic E-state index is -3.69. The van der Waals surface area contributed by atoms with Crippen molar-refractivity contribution in [1.29, 1.82) is 0 Å². The fraction of sp³-hybridized carbons (Fsp3) is 0.444. The van der Waals surface area contributed by atoms with Gasteiger partial charge < -0.3 is 0 Å². The quantitative estimate of drug-likeness (QED) is 0.909. The highest BCUT2D eigenvalue weighted by atomic mass is 32.2. The number of sulfonamides is 1. The van der Waals surface area contributed by atoms with Crippen molar-refractivity contribution in [1.82, 2.24) is 4.72 Å². The highest BCUT2D eigenvalue weighted by Crippen LogP contribution is 2.20. The second-order valence-corrected chi connectivity index (χ2v) is 7.59. The lowest BCUT2D eigenvalue weighted by atomic mass is 10.5. The van der Waals surface area contributed by atoms with Crippen molar-refractivity contribution in [3.63, 3.8) is 0 Å². The van der Waals surface area contributed by atoms with Crippen LogP contribution in [0.1, 0.15) is 11.8 Å². The second-order valence-electron chi connectivity index (χ2n) is 3.21. The SMILES string of the molecule is CS[C@H](C)C(=O)NS(=O)(=O)c1ccc(C)s1. The molecule has 0 saturated carbocycles. The molecule has 0 aromatic carbocycles. The van der Waals surface area contributed by atoms with Gasteiger partial charge in [0, 0.05) is 4.88 Å². The molecule has 0 saturated heterocycles. The van der Waals surface area contributed by atoms with Gasteiger partial charge in [0.25, 0.3) is 10.0 Å². The summed E-state index contributed by atoms with van der Waals surface area (Å²) >= 11 is 2.45. The lowest BCUT2D eigenvalue weighted by molar-refractivity contribution is -0.118. The number of thiophene rings is 1. The van der Waals surface area contributed by atoms with Gasteiger partial charge in [-0.25, -0.2) is 13.1 Å². The lowest BCUT2D eigenvalue weighted by Crippen LogP contribution is -2.35. The number of hydrogen-bond acceptors (Lipinski definition) is 5. The Balaban J connectivity index is 2.85. The average Bonchev–Trinajstić information content (AvgIpc) is 2.63. The molecular weight excluding hydrogens is 266 g/mol. The van der Waals surface area contributed by atoms with Crippen LogP contribution in [0.4, 0.5) is 0 Å². The summed E-state index contributed by atoms with van der Waals surface area (Å²) in [6.45, 7) is 3.48. The van der Waals surface area contributed by atoms with E-state index in [9.17, 15) is 13.2 Å². The van der Waals surface area contributed by atoms with Gasteiger partial charge in [-0.1, -0.05) is 0 Å². The van der Waals surface area contributed by atoms with Gasteiger partial charge in [-0.05, 0) is 32.2 Å². The van der Waals surface area contributed by atoms with Gasteiger partial charge in [-0.3, -0.25) is 4.79 Å². The van der Waals surface area contributed by atoms with E-state index in [1.807, 2.05) is 6.92 Å². The number of rotatable bonds is 4. The molecule has 1 heterocycles. The first-order valence-electron chi connectivity index (χ1n) is 4.52. The summed E-state index contributed by atoms with van der Waals surface area (Å²) in [6.07, 6.45) is 1.76.